The molecule has 1 N–H and O–H groups in total. The lowest BCUT2D eigenvalue weighted by molar-refractivity contribution is 0.791. The minimum Gasteiger partial charge on any atom is -0.357 e. The Kier molecular flexibility index (Phi) is 3.60. The molecule has 0 spiro atoms. The first-order valence-electron chi connectivity index (χ1n) is 5.87. The molecule has 1 aliphatic heterocycles. The zero-order valence-corrected chi connectivity index (χ0v) is 11.4. The molecule has 4 heteroatoms. The molecule has 2 rings (SSSR count). The highest BCUT2D eigenvalue weighted by Gasteiger charge is 2.26. The van der Waals surface area contributed by atoms with E-state index in [0.29, 0.717) is 21.9 Å². The molecule has 0 aromatic heterocycles. The number of allylic oxidation sites excluding steroid dienone is 3. The third kappa shape index (κ3) is 2.21. The van der Waals surface area contributed by atoms with Gasteiger partial charge in [-0.1, -0.05) is 36.7 Å². The number of nitrogens with one attached hydrogen (secondary N) is 1. The van der Waals surface area contributed by atoms with Gasteiger partial charge in [0.2, 0.25) is 0 Å². The molecule has 0 bridgehead atoms. The van der Waals surface area contributed by atoms with Crippen molar-refractivity contribution in [2.24, 2.45) is 5.92 Å². The molecule has 1 aromatic rings. The summed E-state index contributed by atoms with van der Waals surface area (Å²) in [6.45, 7) is 3.69. The van der Waals surface area contributed by atoms with Crippen LogP contribution < -0.4 is 5.32 Å². The van der Waals surface area contributed by atoms with Gasteiger partial charge >= 0.3 is 0 Å². The highest BCUT2D eigenvalue weighted by Crippen LogP contribution is 2.34. The van der Waals surface area contributed by atoms with E-state index in [1.165, 1.54) is 0 Å². The summed E-state index contributed by atoms with van der Waals surface area (Å²) in [4.78, 5) is 0. The summed E-state index contributed by atoms with van der Waals surface area (Å²) in [6.07, 6.45) is 0. The van der Waals surface area contributed by atoms with Crippen LogP contribution in [0.1, 0.15) is 19.4 Å². The van der Waals surface area contributed by atoms with Crippen molar-refractivity contribution in [1.82, 2.24) is 5.32 Å². The van der Waals surface area contributed by atoms with Gasteiger partial charge in [0.25, 0.3) is 0 Å². The van der Waals surface area contributed by atoms with Crippen LogP contribution in [0.4, 0.5) is 0 Å². The zero-order chi connectivity index (χ0) is 14.0. The van der Waals surface area contributed by atoms with Gasteiger partial charge in [0.05, 0.1) is 29.0 Å². The summed E-state index contributed by atoms with van der Waals surface area (Å²) >= 11 is 6.18. The number of rotatable bonds is 1. The van der Waals surface area contributed by atoms with Gasteiger partial charge in [0.15, 0.2) is 0 Å². The van der Waals surface area contributed by atoms with Gasteiger partial charge in [-0.25, -0.2) is 0 Å². The fourth-order valence-corrected chi connectivity index (χ4v) is 2.45. The molecule has 1 aromatic carbocycles. The maximum absolute atomic E-state index is 9.36. The van der Waals surface area contributed by atoms with Crippen LogP contribution in [-0.2, 0) is 0 Å². The van der Waals surface area contributed by atoms with Gasteiger partial charge in [-0.15, -0.1) is 0 Å². The maximum atomic E-state index is 9.36. The second-order valence-electron chi connectivity index (χ2n) is 4.38. The van der Waals surface area contributed by atoms with E-state index < -0.39 is 0 Å². The van der Waals surface area contributed by atoms with Crippen molar-refractivity contribution in [2.75, 3.05) is 0 Å². The first kappa shape index (κ1) is 13.2. The van der Waals surface area contributed by atoms with Crippen LogP contribution in [0.25, 0.3) is 5.70 Å². The van der Waals surface area contributed by atoms with Crippen LogP contribution in [0.15, 0.2) is 41.1 Å². The van der Waals surface area contributed by atoms with Crippen LogP contribution >= 0.6 is 11.6 Å². The van der Waals surface area contributed by atoms with Gasteiger partial charge in [0.1, 0.15) is 0 Å². The molecule has 0 aliphatic carbocycles. The van der Waals surface area contributed by atoms with Crippen LogP contribution in [0.5, 0.6) is 0 Å². The normalized spacial score (nSPS) is 18.7. The van der Waals surface area contributed by atoms with Gasteiger partial charge in [-0.05, 0) is 13.0 Å². The van der Waals surface area contributed by atoms with Crippen molar-refractivity contribution in [3.63, 3.8) is 0 Å². The number of hydrogen-bond acceptors (Lipinski definition) is 3. The summed E-state index contributed by atoms with van der Waals surface area (Å²) in [5, 5.41) is 22.2. The molecule has 94 valence electrons. The molecule has 1 atom stereocenters. The minimum atomic E-state index is -0.220. The van der Waals surface area contributed by atoms with Gasteiger partial charge in [-0.3, -0.25) is 0 Å². The van der Waals surface area contributed by atoms with Gasteiger partial charge in [0, 0.05) is 22.2 Å². The molecule has 0 fully saturated rings. The Hall–Kier alpha value is -2.23. The lowest BCUT2D eigenvalue weighted by atomic mass is 9.86. The van der Waals surface area contributed by atoms with E-state index in [1.54, 1.807) is 6.07 Å². The quantitative estimate of drug-likeness (QED) is 0.847. The Morgan fingerprint density at radius 1 is 1.16 bits per heavy atom. The third-order valence-corrected chi connectivity index (χ3v) is 3.57. The molecule has 0 saturated carbocycles. The summed E-state index contributed by atoms with van der Waals surface area (Å²) in [6, 6.07) is 11.7. The Morgan fingerprint density at radius 3 is 2.37 bits per heavy atom. The van der Waals surface area contributed by atoms with E-state index in [4.69, 9.17) is 16.9 Å². The van der Waals surface area contributed by atoms with E-state index in [9.17, 15) is 5.26 Å². The Labute approximate surface area is 117 Å². The van der Waals surface area contributed by atoms with Crippen LogP contribution in [-0.4, -0.2) is 0 Å². The monoisotopic (exact) mass is 269 g/mol. The lowest BCUT2D eigenvalue weighted by Crippen LogP contribution is -2.23. The van der Waals surface area contributed by atoms with Gasteiger partial charge in [-0.2, -0.15) is 10.5 Å². The van der Waals surface area contributed by atoms with E-state index in [1.807, 2.05) is 32.0 Å². The van der Waals surface area contributed by atoms with Crippen molar-refractivity contribution in [1.29, 1.82) is 10.5 Å². The Morgan fingerprint density at radius 2 is 1.79 bits per heavy atom. The fraction of sp³-hybridized carbons (Fsp3) is 0.200. The molecule has 0 saturated heterocycles. The van der Waals surface area contributed by atoms with E-state index in [-0.39, 0.29) is 5.92 Å². The van der Waals surface area contributed by atoms with Crippen LogP contribution in [0, 0.1) is 28.6 Å². The van der Waals surface area contributed by atoms with Crippen molar-refractivity contribution in [2.45, 2.75) is 13.8 Å². The highest BCUT2D eigenvalue weighted by atomic mass is 35.5. The second-order valence-corrected chi connectivity index (χ2v) is 4.78. The number of nitriles is 2. The first-order valence-corrected chi connectivity index (χ1v) is 6.25. The predicted octanol–water partition coefficient (Wildman–Crippen LogP) is 3.61. The molecular weight excluding hydrogens is 258 g/mol. The van der Waals surface area contributed by atoms with Crippen molar-refractivity contribution in [3.05, 3.63) is 51.7 Å². The van der Waals surface area contributed by atoms with Crippen molar-refractivity contribution >= 4 is 17.3 Å². The average molecular weight is 270 g/mol. The van der Waals surface area contributed by atoms with Crippen LogP contribution in [0.3, 0.4) is 0 Å². The average Bonchev–Trinajstić information content (AvgIpc) is 2.39. The number of dihydropyridines is 1. The van der Waals surface area contributed by atoms with Crippen molar-refractivity contribution in [3.8, 4) is 12.1 Å². The van der Waals surface area contributed by atoms with Crippen molar-refractivity contribution < 1.29 is 0 Å². The maximum Gasteiger partial charge on any atom is 0.0975 e. The second kappa shape index (κ2) is 5.18. The topological polar surface area (TPSA) is 59.6 Å². The Balaban J connectivity index is 2.61. The number of halogens is 1. The fourth-order valence-electron chi connectivity index (χ4n) is 2.22. The third-order valence-electron chi connectivity index (χ3n) is 3.24. The Bertz CT molecular complexity index is 671. The molecule has 19 heavy (non-hydrogen) atoms. The van der Waals surface area contributed by atoms with E-state index in [2.05, 4.69) is 17.5 Å². The molecule has 1 heterocycles. The molecular formula is C15H12ClN3. The predicted molar refractivity (Wildman–Crippen MR) is 74.6 cm³/mol. The molecule has 1 aliphatic rings. The smallest absolute Gasteiger partial charge is 0.0975 e. The minimum absolute atomic E-state index is 0.220. The van der Waals surface area contributed by atoms with E-state index >= 15 is 0 Å². The highest BCUT2D eigenvalue weighted by molar-refractivity contribution is 6.32. The summed E-state index contributed by atoms with van der Waals surface area (Å²) < 4.78 is 0. The zero-order valence-electron chi connectivity index (χ0n) is 10.7. The SMILES string of the molecule is CC1=C(C#N)[C@@H](C)C(C#N)=C(c2ccccc2Cl)N1. The summed E-state index contributed by atoms with van der Waals surface area (Å²) in [7, 11) is 0. The number of benzene rings is 1. The van der Waals surface area contributed by atoms with Gasteiger partial charge < -0.3 is 5.32 Å². The van der Waals surface area contributed by atoms with E-state index in [0.717, 1.165) is 11.3 Å². The number of nitrogens with zero attached hydrogens (tertiary/aromatic N) is 2. The molecule has 0 amide bonds. The molecule has 0 radical (unpaired) electrons. The van der Waals surface area contributed by atoms with Crippen LogP contribution in [0.2, 0.25) is 5.02 Å². The largest absolute Gasteiger partial charge is 0.357 e. The summed E-state index contributed by atoms with van der Waals surface area (Å²) in [5.41, 5.74) is 3.37. The molecule has 3 nitrogen and oxygen atoms in total. The summed E-state index contributed by atoms with van der Waals surface area (Å²) in [5.74, 6) is -0.220. The number of hydrogen-bond donors (Lipinski definition) is 1. The molecule has 0 unspecified atom stereocenters. The lowest BCUT2D eigenvalue weighted by Gasteiger charge is -2.25. The standard InChI is InChI=1S/C15H12ClN3/c1-9-12(7-17)10(2)19-15(13(9)8-18)11-5-3-4-6-14(11)16/h3-6,9,19H,1-2H3/t9-/m1/s1. The first-order chi connectivity index (χ1) is 9.10.